The number of hydrogen-bond acceptors (Lipinski definition) is 2. The van der Waals surface area contributed by atoms with Crippen LogP contribution in [0.2, 0.25) is 10.0 Å². The Balaban J connectivity index is 2.11. The Morgan fingerprint density at radius 2 is 1.89 bits per heavy atom. The van der Waals surface area contributed by atoms with Crippen LogP contribution in [0.3, 0.4) is 0 Å². The molecule has 3 nitrogen and oxygen atoms in total. The number of hydrogen-bond donors (Lipinski definition) is 0. The second-order valence-electron chi connectivity index (χ2n) is 3.90. The van der Waals surface area contributed by atoms with Crippen molar-refractivity contribution in [2.45, 2.75) is 19.4 Å². The smallest absolute Gasteiger partial charge is 0.0827 e. The molecule has 0 radical (unpaired) electrons. The molecular formula is C12H12Cl3N3. The largest absolute Gasteiger partial charge is 0.248 e. The summed E-state index contributed by atoms with van der Waals surface area (Å²) in [5, 5.41) is 9.41. The molecule has 0 aliphatic heterocycles. The summed E-state index contributed by atoms with van der Waals surface area (Å²) in [6, 6.07) is 5.45. The minimum absolute atomic E-state index is 0.520. The van der Waals surface area contributed by atoms with Crippen molar-refractivity contribution in [3.63, 3.8) is 0 Å². The molecule has 18 heavy (non-hydrogen) atoms. The first-order chi connectivity index (χ1) is 8.70. The lowest BCUT2D eigenvalue weighted by Gasteiger charge is -2.05. The molecule has 0 fully saturated rings. The molecule has 0 aliphatic carbocycles. The van der Waals surface area contributed by atoms with Gasteiger partial charge in [0, 0.05) is 27.7 Å². The van der Waals surface area contributed by atoms with Crippen LogP contribution in [0.5, 0.6) is 0 Å². The average Bonchev–Trinajstić information content (AvgIpc) is 2.79. The molecule has 2 rings (SSSR count). The molecule has 1 aromatic carbocycles. The number of rotatable bonds is 5. The first kappa shape index (κ1) is 13.7. The Morgan fingerprint density at radius 1 is 1.17 bits per heavy atom. The lowest BCUT2D eigenvalue weighted by atomic mass is 10.2. The fourth-order valence-electron chi connectivity index (χ4n) is 1.62. The van der Waals surface area contributed by atoms with Crippen LogP contribution in [0.1, 0.15) is 17.7 Å². The van der Waals surface area contributed by atoms with E-state index >= 15 is 0 Å². The Bertz CT molecular complexity index is 505. The van der Waals surface area contributed by atoms with Gasteiger partial charge >= 0.3 is 0 Å². The molecule has 0 atom stereocenters. The number of alkyl halides is 1. The molecule has 1 heterocycles. The van der Waals surface area contributed by atoms with Crippen LogP contribution >= 0.6 is 34.8 Å². The van der Waals surface area contributed by atoms with Gasteiger partial charge in [0.2, 0.25) is 0 Å². The topological polar surface area (TPSA) is 30.7 Å². The van der Waals surface area contributed by atoms with E-state index in [1.165, 1.54) is 0 Å². The second-order valence-corrected chi connectivity index (χ2v) is 5.09. The van der Waals surface area contributed by atoms with Crippen LogP contribution in [-0.2, 0) is 13.0 Å². The molecule has 0 bridgehead atoms. The summed E-state index contributed by atoms with van der Waals surface area (Å²) in [7, 11) is 0. The van der Waals surface area contributed by atoms with Gasteiger partial charge in [0.25, 0.3) is 0 Å². The first-order valence-corrected chi connectivity index (χ1v) is 6.87. The molecule has 0 spiro atoms. The molecule has 0 unspecified atom stereocenters. The number of benzene rings is 1. The van der Waals surface area contributed by atoms with E-state index in [9.17, 15) is 0 Å². The second kappa shape index (κ2) is 6.41. The number of nitrogens with zero attached hydrogens (tertiary/aromatic N) is 3. The van der Waals surface area contributed by atoms with Gasteiger partial charge in [-0.05, 0) is 25.0 Å². The molecule has 0 saturated heterocycles. The summed E-state index contributed by atoms with van der Waals surface area (Å²) >= 11 is 17.9. The molecule has 0 N–H and O–H groups in total. The standard InChI is InChI=1S/C12H12Cl3N3/c13-6-2-3-9-7-18(17-16-9)8-10-11(14)4-1-5-12(10)15/h1,4-5,7H,2-3,6,8H2. The lowest BCUT2D eigenvalue weighted by Crippen LogP contribution is -2.01. The van der Waals surface area contributed by atoms with Crippen molar-refractivity contribution in [3.8, 4) is 0 Å². The van der Waals surface area contributed by atoms with E-state index in [-0.39, 0.29) is 0 Å². The van der Waals surface area contributed by atoms with Gasteiger partial charge in [0.1, 0.15) is 0 Å². The minimum atomic E-state index is 0.520. The maximum Gasteiger partial charge on any atom is 0.0827 e. The van der Waals surface area contributed by atoms with Gasteiger partial charge in [-0.25, -0.2) is 4.68 Å². The van der Waals surface area contributed by atoms with Gasteiger partial charge in [0.15, 0.2) is 0 Å². The van der Waals surface area contributed by atoms with Gasteiger partial charge in [-0.15, -0.1) is 16.7 Å². The van der Waals surface area contributed by atoms with E-state index in [1.807, 2.05) is 24.4 Å². The lowest BCUT2D eigenvalue weighted by molar-refractivity contribution is 0.649. The molecular weight excluding hydrogens is 293 g/mol. The van der Waals surface area contributed by atoms with Crippen molar-refractivity contribution in [2.24, 2.45) is 0 Å². The van der Waals surface area contributed by atoms with Crippen LogP contribution in [0, 0.1) is 0 Å². The summed E-state index contributed by atoms with van der Waals surface area (Å²) in [4.78, 5) is 0. The molecule has 6 heteroatoms. The van der Waals surface area contributed by atoms with Gasteiger partial charge in [-0.1, -0.05) is 34.5 Å². The van der Waals surface area contributed by atoms with E-state index in [2.05, 4.69) is 10.3 Å². The van der Waals surface area contributed by atoms with E-state index in [1.54, 1.807) is 4.68 Å². The Kier molecular flexibility index (Phi) is 4.87. The van der Waals surface area contributed by atoms with Crippen LogP contribution < -0.4 is 0 Å². The maximum atomic E-state index is 6.11. The van der Waals surface area contributed by atoms with E-state index in [0.717, 1.165) is 24.1 Å². The van der Waals surface area contributed by atoms with Gasteiger partial charge < -0.3 is 0 Å². The Morgan fingerprint density at radius 3 is 2.56 bits per heavy atom. The summed E-state index contributed by atoms with van der Waals surface area (Å²) < 4.78 is 1.73. The van der Waals surface area contributed by atoms with Crippen molar-refractivity contribution in [1.82, 2.24) is 15.0 Å². The van der Waals surface area contributed by atoms with Crippen LogP contribution in [0.25, 0.3) is 0 Å². The fraction of sp³-hybridized carbons (Fsp3) is 0.333. The monoisotopic (exact) mass is 303 g/mol. The van der Waals surface area contributed by atoms with E-state index in [0.29, 0.717) is 22.5 Å². The molecule has 0 aliphatic rings. The predicted molar refractivity (Wildman–Crippen MR) is 74.6 cm³/mol. The summed E-state index contributed by atoms with van der Waals surface area (Å²) in [6.45, 7) is 0.520. The van der Waals surface area contributed by atoms with Crippen molar-refractivity contribution in [2.75, 3.05) is 5.88 Å². The highest BCUT2D eigenvalue weighted by atomic mass is 35.5. The van der Waals surface area contributed by atoms with Gasteiger partial charge in [0.05, 0.1) is 12.2 Å². The summed E-state index contributed by atoms with van der Waals surface area (Å²) in [5.41, 5.74) is 1.79. The number of aryl methyl sites for hydroxylation is 1. The summed E-state index contributed by atoms with van der Waals surface area (Å²) in [5.74, 6) is 0.628. The van der Waals surface area contributed by atoms with Crippen LogP contribution in [0.15, 0.2) is 24.4 Å². The molecule has 1 aromatic heterocycles. The third-order valence-corrected chi connectivity index (χ3v) is 3.51. The van der Waals surface area contributed by atoms with Crippen molar-refractivity contribution >= 4 is 34.8 Å². The highest BCUT2D eigenvalue weighted by molar-refractivity contribution is 6.35. The molecule has 0 amide bonds. The predicted octanol–water partition coefficient (Wildman–Crippen LogP) is 3.80. The number of halogens is 3. The third-order valence-electron chi connectivity index (χ3n) is 2.53. The first-order valence-electron chi connectivity index (χ1n) is 5.58. The number of aromatic nitrogens is 3. The average molecular weight is 305 g/mol. The Labute approximate surface area is 121 Å². The third kappa shape index (κ3) is 3.37. The highest BCUT2D eigenvalue weighted by Gasteiger charge is 2.08. The fourth-order valence-corrected chi connectivity index (χ4v) is 2.27. The zero-order valence-electron chi connectivity index (χ0n) is 9.61. The SMILES string of the molecule is ClCCCc1cn(Cc2c(Cl)cccc2Cl)nn1. The van der Waals surface area contributed by atoms with Crippen molar-refractivity contribution < 1.29 is 0 Å². The van der Waals surface area contributed by atoms with E-state index < -0.39 is 0 Å². The Hall–Kier alpha value is -0.770. The normalized spacial score (nSPS) is 10.8. The van der Waals surface area contributed by atoms with Crippen LogP contribution in [0.4, 0.5) is 0 Å². The van der Waals surface area contributed by atoms with Gasteiger partial charge in [-0.2, -0.15) is 0 Å². The quantitative estimate of drug-likeness (QED) is 0.787. The molecule has 2 aromatic rings. The van der Waals surface area contributed by atoms with Gasteiger partial charge in [-0.3, -0.25) is 0 Å². The zero-order valence-corrected chi connectivity index (χ0v) is 11.9. The highest BCUT2D eigenvalue weighted by Crippen LogP contribution is 2.24. The van der Waals surface area contributed by atoms with Crippen molar-refractivity contribution in [1.29, 1.82) is 0 Å². The summed E-state index contributed by atoms with van der Waals surface area (Å²) in [6.07, 6.45) is 3.62. The minimum Gasteiger partial charge on any atom is -0.248 e. The van der Waals surface area contributed by atoms with Crippen molar-refractivity contribution in [3.05, 3.63) is 45.7 Å². The van der Waals surface area contributed by atoms with E-state index in [4.69, 9.17) is 34.8 Å². The van der Waals surface area contributed by atoms with Crippen LogP contribution in [-0.4, -0.2) is 20.9 Å². The maximum absolute atomic E-state index is 6.11. The molecule has 0 saturated carbocycles. The zero-order chi connectivity index (χ0) is 13.0. The molecule has 96 valence electrons.